The minimum absolute atomic E-state index is 0.124. The van der Waals surface area contributed by atoms with Gasteiger partial charge in [0.15, 0.2) is 11.5 Å². The first kappa shape index (κ1) is 18.1. The van der Waals surface area contributed by atoms with E-state index in [4.69, 9.17) is 21.1 Å². The second-order valence-corrected chi connectivity index (χ2v) is 6.38. The summed E-state index contributed by atoms with van der Waals surface area (Å²) in [6.07, 6.45) is 0. The van der Waals surface area contributed by atoms with Gasteiger partial charge in [-0.15, -0.1) is 0 Å². The van der Waals surface area contributed by atoms with Crippen LogP contribution in [0.15, 0.2) is 36.4 Å². The Bertz CT molecular complexity index is 853. The van der Waals surface area contributed by atoms with Crippen LogP contribution >= 0.6 is 11.6 Å². The second kappa shape index (κ2) is 7.66. The SMILES string of the molecule is CC(=O)N(CC(=O)Nc1cc(Cl)ccc1C)c1ccc2c(c1)OCCO2. The van der Waals surface area contributed by atoms with Gasteiger partial charge in [-0.2, -0.15) is 0 Å². The standard InChI is InChI=1S/C19H19ClN2O4/c1-12-3-4-14(20)9-16(12)21-19(24)11-22(13(2)23)15-5-6-17-18(10-15)26-8-7-25-17/h3-6,9-10H,7-8,11H2,1-2H3,(H,21,24). The van der Waals surface area contributed by atoms with E-state index in [2.05, 4.69) is 5.32 Å². The number of fused-ring (bicyclic) bond motifs is 1. The maximum atomic E-state index is 12.4. The number of carbonyl (C=O) groups is 2. The van der Waals surface area contributed by atoms with Crippen molar-refractivity contribution in [3.63, 3.8) is 0 Å². The van der Waals surface area contributed by atoms with Gasteiger partial charge < -0.3 is 19.7 Å². The molecule has 0 saturated heterocycles. The van der Waals surface area contributed by atoms with E-state index in [1.165, 1.54) is 11.8 Å². The molecule has 1 heterocycles. The second-order valence-electron chi connectivity index (χ2n) is 5.94. The van der Waals surface area contributed by atoms with Crippen molar-refractivity contribution in [3.8, 4) is 11.5 Å². The largest absolute Gasteiger partial charge is 0.486 e. The van der Waals surface area contributed by atoms with E-state index < -0.39 is 0 Å². The minimum atomic E-state index is -0.319. The van der Waals surface area contributed by atoms with Gasteiger partial charge in [-0.3, -0.25) is 9.59 Å². The number of nitrogens with zero attached hydrogens (tertiary/aromatic N) is 1. The van der Waals surface area contributed by atoms with E-state index in [1.54, 1.807) is 30.3 Å². The predicted molar refractivity (Wildman–Crippen MR) is 100 cm³/mol. The highest BCUT2D eigenvalue weighted by molar-refractivity contribution is 6.31. The highest BCUT2D eigenvalue weighted by Gasteiger charge is 2.20. The molecule has 0 saturated carbocycles. The van der Waals surface area contributed by atoms with Crippen LogP contribution in [0.2, 0.25) is 5.02 Å². The summed E-state index contributed by atoms with van der Waals surface area (Å²) in [4.78, 5) is 25.9. The maximum Gasteiger partial charge on any atom is 0.244 e. The Morgan fingerprint density at radius 2 is 1.85 bits per heavy atom. The summed E-state index contributed by atoms with van der Waals surface area (Å²) in [6, 6.07) is 10.4. The fourth-order valence-electron chi connectivity index (χ4n) is 2.65. The first-order chi connectivity index (χ1) is 12.4. The normalized spacial score (nSPS) is 12.4. The zero-order chi connectivity index (χ0) is 18.7. The number of carbonyl (C=O) groups excluding carboxylic acids is 2. The molecule has 26 heavy (non-hydrogen) atoms. The molecular weight excluding hydrogens is 356 g/mol. The van der Waals surface area contributed by atoms with Crippen molar-refractivity contribution in [1.82, 2.24) is 0 Å². The molecular formula is C19H19ClN2O4. The highest BCUT2D eigenvalue weighted by Crippen LogP contribution is 2.34. The van der Waals surface area contributed by atoms with Gasteiger partial charge in [0.05, 0.1) is 0 Å². The number of hydrogen-bond acceptors (Lipinski definition) is 4. The van der Waals surface area contributed by atoms with Crippen molar-refractivity contribution in [2.24, 2.45) is 0 Å². The summed E-state index contributed by atoms with van der Waals surface area (Å²) in [6.45, 7) is 4.10. The Morgan fingerprint density at radius 3 is 2.58 bits per heavy atom. The van der Waals surface area contributed by atoms with Crippen molar-refractivity contribution in [3.05, 3.63) is 47.0 Å². The number of aryl methyl sites for hydroxylation is 1. The van der Waals surface area contributed by atoms with Gasteiger partial charge in [0.1, 0.15) is 19.8 Å². The van der Waals surface area contributed by atoms with Gasteiger partial charge >= 0.3 is 0 Å². The van der Waals surface area contributed by atoms with Crippen molar-refractivity contribution in [2.75, 3.05) is 30.0 Å². The third kappa shape index (κ3) is 4.08. The summed E-state index contributed by atoms with van der Waals surface area (Å²) in [5, 5.41) is 3.32. The molecule has 0 aliphatic carbocycles. The van der Waals surface area contributed by atoms with Gasteiger partial charge in [0, 0.05) is 29.4 Å². The van der Waals surface area contributed by atoms with E-state index in [0.717, 1.165) is 5.56 Å². The minimum Gasteiger partial charge on any atom is -0.486 e. The molecule has 1 aliphatic rings. The molecule has 7 heteroatoms. The fraction of sp³-hybridized carbons (Fsp3) is 0.263. The molecule has 136 valence electrons. The van der Waals surface area contributed by atoms with Crippen molar-refractivity contribution in [1.29, 1.82) is 0 Å². The van der Waals surface area contributed by atoms with Crippen LogP contribution in [-0.4, -0.2) is 31.6 Å². The first-order valence-electron chi connectivity index (χ1n) is 8.18. The predicted octanol–water partition coefficient (Wildman–Crippen LogP) is 3.41. The number of benzene rings is 2. The lowest BCUT2D eigenvalue weighted by atomic mass is 10.2. The highest BCUT2D eigenvalue weighted by atomic mass is 35.5. The molecule has 2 aromatic carbocycles. The van der Waals surface area contributed by atoms with Crippen LogP contribution < -0.4 is 19.7 Å². The van der Waals surface area contributed by atoms with Crippen LogP contribution in [0.5, 0.6) is 11.5 Å². The summed E-state index contributed by atoms with van der Waals surface area (Å²) in [5.41, 5.74) is 2.07. The quantitative estimate of drug-likeness (QED) is 0.890. The van der Waals surface area contributed by atoms with Crippen LogP contribution in [-0.2, 0) is 9.59 Å². The van der Waals surface area contributed by atoms with Crippen LogP contribution in [0.1, 0.15) is 12.5 Å². The molecule has 0 aromatic heterocycles. The van der Waals surface area contributed by atoms with Gasteiger partial charge in [0.25, 0.3) is 0 Å². The Kier molecular flexibility index (Phi) is 5.32. The molecule has 0 bridgehead atoms. The third-order valence-corrected chi connectivity index (χ3v) is 4.23. The first-order valence-corrected chi connectivity index (χ1v) is 8.55. The number of amides is 2. The average molecular weight is 375 g/mol. The maximum absolute atomic E-state index is 12.4. The number of rotatable bonds is 4. The van der Waals surface area contributed by atoms with Gasteiger partial charge in [-0.25, -0.2) is 0 Å². The molecule has 6 nitrogen and oxygen atoms in total. The molecule has 0 radical (unpaired) electrons. The Hall–Kier alpha value is -2.73. The van der Waals surface area contributed by atoms with Gasteiger partial charge in [-0.1, -0.05) is 17.7 Å². The molecule has 1 aliphatic heterocycles. The van der Waals surface area contributed by atoms with E-state index >= 15 is 0 Å². The zero-order valence-electron chi connectivity index (χ0n) is 14.5. The number of nitrogens with one attached hydrogen (secondary N) is 1. The monoisotopic (exact) mass is 374 g/mol. The summed E-state index contributed by atoms with van der Waals surface area (Å²) in [5.74, 6) is 0.619. The molecule has 2 amide bonds. The van der Waals surface area contributed by atoms with Gasteiger partial charge in [0.2, 0.25) is 11.8 Å². The number of anilines is 2. The number of hydrogen-bond donors (Lipinski definition) is 1. The Labute approximate surface area is 156 Å². The lowest BCUT2D eigenvalue weighted by Crippen LogP contribution is -2.36. The molecule has 2 aromatic rings. The molecule has 0 fully saturated rings. The van der Waals surface area contributed by atoms with Crippen molar-refractivity contribution < 1.29 is 19.1 Å². The van der Waals surface area contributed by atoms with Gasteiger partial charge in [-0.05, 0) is 36.8 Å². The number of halogens is 1. The van der Waals surface area contributed by atoms with Crippen LogP contribution in [0, 0.1) is 6.92 Å². The third-order valence-electron chi connectivity index (χ3n) is 3.99. The molecule has 0 atom stereocenters. The van der Waals surface area contributed by atoms with Crippen LogP contribution in [0.3, 0.4) is 0 Å². The van der Waals surface area contributed by atoms with E-state index in [9.17, 15) is 9.59 Å². The van der Waals surface area contributed by atoms with E-state index in [0.29, 0.717) is 41.1 Å². The lowest BCUT2D eigenvalue weighted by Gasteiger charge is -2.24. The smallest absolute Gasteiger partial charge is 0.244 e. The van der Waals surface area contributed by atoms with Crippen LogP contribution in [0.25, 0.3) is 0 Å². The molecule has 0 spiro atoms. The fourth-order valence-corrected chi connectivity index (χ4v) is 2.82. The average Bonchev–Trinajstić information content (AvgIpc) is 2.62. The molecule has 1 N–H and O–H groups in total. The Balaban J connectivity index is 1.77. The number of ether oxygens (including phenoxy) is 2. The van der Waals surface area contributed by atoms with Crippen molar-refractivity contribution >= 4 is 34.8 Å². The molecule has 3 rings (SSSR count). The topological polar surface area (TPSA) is 67.9 Å². The van der Waals surface area contributed by atoms with E-state index in [-0.39, 0.29) is 18.4 Å². The zero-order valence-corrected chi connectivity index (χ0v) is 15.3. The Morgan fingerprint density at radius 1 is 1.12 bits per heavy atom. The van der Waals surface area contributed by atoms with Crippen LogP contribution in [0.4, 0.5) is 11.4 Å². The summed E-state index contributed by atoms with van der Waals surface area (Å²) in [7, 11) is 0. The van der Waals surface area contributed by atoms with Crippen molar-refractivity contribution in [2.45, 2.75) is 13.8 Å². The lowest BCUT2D eigenvalue weighted by molar-refractivity contribution is -0.120. The molecule has 0 unspecified atom stereocenters. The van der Waals surface area contributed by atoms with E-state index in [1.807, 2.05) is 13.0 Å². The summed E-state index contributed by atoms with van der Waals surface area (Å²) >= 11 is 5.98. The summed E-state index contributed by atoms with van der Waals surface area (Å²) < 4.78 is 11.0.